The highest BCUT2D eigenvalue weighted by Crippen LogP contribution is 2.32. The molecule has 0 bridgehead atoms. The second-order valence-corrected chi connectivity index (χ2v) is 9.35. The second-order valence-electron chi connectivity index (χ2n) is 7.39. The van der Waals surface area contributed by atoms with Gasteiger partial charge in [0.15, 0.2) is 0 Å². The van der Waals surface area contributed by atoms with E-state index in [9.17, 15) is 21.6 Å². The SMILES string of the molecule is COc1ccc(N(C)S(=O)(=O)C(F)(F)F)cc1CNC1CCCNC1c1ccccc1. The molecule has 2 aromatic carbocycles. The first-order valence-electron chi connectivity index (χ1n) is 9.89. The van der Waals surface area contributed by atoms with Crippen LogP contribution in [0.3, 0.4) is 0 Å². The van der Waals surface area contributed by atoms with Gasteiger partial charge in [0.05, 0.1) is 12.8 Å². The molecular formula is C21H26F3N3O3S. The van der Waals surface area contributed by atoms with E-state index in [2.05, 4.69) is 22.8 Å². The predicted octanol–water partition coefficient (Wildman–Crippen LogP) is 3.56. The Morgan fingerprint density at radius 3 is 2.55 bits per heavy atom. The smallest absolute Gasteiger partial charge is 0.496 e. The summed E-state index contributed by atoms with van der Waals surface area (Å²) in [5.41, 5.74) is -3.74. The van der Waals surface area contributed by atoms with Gasteiger partial charge in [0.2, 0.25) is 0 Å². The van der Waals surface area contributed by atoms with Crippen molar-refractivity contribution < 1.29 is 26.3 Å². The number of methoxy groups -OCH3 is 1. The first-order valence-corrected chi connectivity index (χ1v) is 11.3. The van der Waals surface area contributed by atoms with Crippen molar-refractivity contribution in [2.45, 2.75) is 37.0 Å². The number of benzene rings is 2. The predicted molar refractivity (Wildman–Crippen MR) is 113 cm³/mol. The van der Waals surface area contributed by atoms with Gasteiger partial charge in [-0.2, -0.15) is 21.6 Å². The molecule has 3 rings (SSSR count). The number of rotatable bonds is 7. The van der Waals surface area contributed by atoms with Gasteiger partial charge >= 0.3 is 15.5 Å². The van der Waals surface area contributed by atoms with Crippen molar-refractivity contribution in [3.63, 3.8) is 0 Å². The Morgan fingerprint density at radius 2 is 1.90 bits per heavy atom. The summed E-state index contributed by atoms with van der Waals surface area (Å²) in [4.78, 5) is 0. The Kier molecular flexibility index (Phi) is 7.13. The normalized spacial score (nSPS) is 19.8. The summed E-state index contributed by atoms with van der Waals surface area (Å²) in [5.74, 6) is 0.467. The minimum absolute atomic E-state index is 0.0868. The standard InChI is InChI=1S/C21H26F3N3O3S/c1-27(31(28,29)21(22,23)24)17-10-11-19(30-2)16(13-17)14-26-18-9-6-12-25-20(18)15-7-4-3-5-8-15/h3-5,7-8,10-11,13,18,20,25-26H,6,9,12,14H2,1-2H3. The lowest BCUT2D eigenvalue weighted by Gasteiger charge is -2.34. The van der Waals surface area contributed by atoms with E-state index < -0.39 is 15.5 Å². The van der Waals surface area contributed by atoms with Crippen LogP contribution in [0, 0.1) is 0 Å². The van der Waals surface area contributed by atoms with Gasteiger partial charge in [-0.3, -0.25) is 4.31 Å². The molecule has 1 saturated heterocycles. The molecule has 2 aromatic rings. The quantitative estimate of drug-likeness (QED) is 0.665. The minimum atomic E-state index is -5.48. The second kappa shape index (κ2) is 9.46. The first kappa shape index (κ1) is 23.4. The molecular weight excluding hydrogens is 431 g/mol. The number of nitrogens with one attached hydrogen (secondary N) is 2. The zero-order valence-electron chi connectivity index (χ0n) is 17.3. The third-order valence-electron chi connectivity index (χ3n) is 5.45. The van der Waals surface area contributed by atoms with Crippen LogP contribution in [-0.4, -0.2) is 40.7 Å². The maximum atomic E-state index is 12.9. The molecule has 0 aliphatic carbocycles. The molecule has 10 heteroatoms. The maximum Gasteiger partial charge on any atom is 0.516 e. The molecule has 2 unspecified atom stereocenters. The fourth-order valence-electron chi connectivity index (χ4n) is 3.75. The molecule has 2 N–H and O–H groups in total. The molecule has 0 saturated carbocycles. The van der Waals surface area contributed by atoms with Crippen molar-refractivity contribution in [3.8, 4) is 5.75 Å². The Balaban J connectivity index is 1.81. The van der Waals surface area contributed by atoms with Crippen molar-refractivity contribution in [2.24, 2.45) is 0 Å². The van der Waals surface area contributed by atoms with E-state index in [1.54, 1.807) is 0 Å². The molecule has 1 aliphatic heterocycles. The zero-order chi connectivity index (χ0) is 22.6. The molecule has 1 aliphatic rings. The van der Waals surface area contributed by atoms with Crippen molar-refractivity contribution in [2.75, 3.05) is 25.0 Å². The Hall–Kier alpha value is -2.30. The number of halogens is 3. The number of hydrogen-bond acceptors (Lipinski definition) is 5. The van der Waals surface area contributed by atoms with Crippen molar-refractivity contribution in [1.82, 2.24) is 10.6 Å². The lowest BCUT2D eigenvalue weighted by atomic mass is 9.92. The van der Waals surface area contributed by atoms with Crippen LogP contribution >= 0.6 is 0 Å². The van der Waals surface area contributed by atoms with Crippen LogP contribution in [0.5, 0.6) is 5.75 Å². The highest BCUT2D eigenvalue weighted by molar-refractivity contribution is 7.93. The summed E-state index contributed by atoms with van der Waals surface area (Å²) < 4.78 is 67.9. The molecule has 1 fully saturated rings. The summed E-state index contributed by atoms with van der Waals surface area (Å²) in [7, 11) is -3.13. The number of anilines is 1. The molecule has 1 heterocycles. The summed E-state index contributed by atoms with van der Waals surface area (Å²) in [6, 6.07) is 14.4. The van der Waals surface area contributed by atoms with E-state index in [0.29, 0.717) is 17.9 Å². The van der Waals surface area contributed by atoms with Crippen LogP contribution < -0.4 is 19.7 Å². The molecule has 31 heavy (non-hydrogen) atoms. The van der Waals surface area contributed by atoms with E-state index in [4.69, 9.17) is 4.74 Å². The molecule has 0 aromatic heterocycles. The molecule has 6 nitrogen and oxygen atoms in total. The largest absolute Gasteiger partial charge is 0.516 e. The topological polar surface area (TPSA) is 70.7 Å². The average Bonchev–Trinajstić information content (AvgIpc) is 2.77. The summed E-state index contributed by atoms with van der Waals surface area (Å²) >= 11 is 0. The van der Waals surface area contributed by atoms with Gasteiger partial charge in [-0.25, -0.2) is 0 Å². The van der Waals surface area contributed by atoms with E-state index in [1.807, 2.05) is 18.2 Å². The molecule has 170 valence electrons. The third kappa shape index (κ3) is 5.13. The zero-order valence-corrected chi connectivity index (χ0v) is 18.1. The fourth-order valence-corrected chi connectivity index (χ4v) is 4.45. The van der Waals surface area contributed by atoms with E-state index in [1.165, 1.54) is 25.3 Å². The van der Waals surface area contributed by atoms with Crippen LogP contribution in [-0.2, 0) is 16.6 Å². The summed E-state index contributed by atoms with van der Waals surface area (Å²) in [6.45, 7) is 1.21. The summed E-state index contributed by atoms with van der Waals surface area (Å²) in [6.07, 6.45) is 1.92. The number of alkyl halides is 3. The van der Waals surface area contributed by atoms with Crippen LogP contribution in [0.25, 0.3) is 0 Å². The van der Waals surface area contributed by atoms with Crippen LogP contribution in [0.4, 0.5) is 18.9 Å². The van der Waals surface area contributed by atoms with Crippen LogP contribution in [0.2, 0.25) is 0 Å². The Morgan fingerprint density at radius 1 is 1.19 bits per heavy atom. The van der Waals surface area contributed by atoms with Crippen molar-refractivity contribution in [3.05, 3.63) is 59.7 Å². The average molecular weight is 458 g/mol. The van der Waals surface area contributed by atoms with Gasteiger partial charge in [-0.1, -0.05) is 30.3 Å². The lowest BCUT2D eigenvalue weighted by Crippen LogP contribution is -2.45. The summed E-state index contributed by atoms with van der Waals surface area (Å²) in [5, 5.41) is 6.97. The van der Waals surface area contributed by atoms with E-state index in [0.717, 1.165) is 32.0 Å². The molecule has 0 amide bonds. The third-order valence-corrected chi connectivity index (χ3v) is 6.97. The van der Waals surface area contributed by atoms with E-state index >= 15 is 0 Å². The number of ether oxygens (including phenoxy) is 1. The molecule has 2 atom stereocenters. The molecule has 0 spiro atoms. The van der Waals surface area contributed by atoms with Gasteiger partial charge in [-0.05, 0) is 43.1 Å². The minimum Gasteiger partial charge on any atom is -0.496 e. The lowest BCUT2D eigenvalue weighted by molar-refractivity contribution is -0.0437. The number of sulfonamides is 1. The Labute approximate surface area is 180 Å². The van der Waals surface area contributed by atoms with Crippen LogP contribution in [0.15, 0.2) is 48.5 Å². The fraction of sp³-hybridized carbons (Fsp3) is 0.429. The highest BCUT2D eigenvalue weighted by Gasteiger charge is 2.49. The number of piperidine rings is 1. The monoisotopic (exact) mass is 457 g/mol. The van der Waals surface area contributed by atoms with Gasteiger partial charge < -0.3 is 15.4 Å². The van der Waals surface area contributed by atoms with Crippen LogP contribution in [0.1, 0.15) is 30.0 Å². The molecule has 0 radical (unpaired) electrons. The highest BCUT2D eigenvalue weighted by atomic mass is 32.2. The Bertz CT molecular complexity index is 984. The number of nitrogens with zero attached hydrogens (tertiary/aromatic N) is 1. The van der Waals surface area contributed by atoms with Crippen molar-refractivity contribution >= 4 is 15.7 Å². The number of hydrogen-bond donors (Lipinski definition) is 2. The van der Waals surface area contributed by atoms with E-state index in [-0.39, 0.29) is 22.1 Å². The van der Waals surface area contributed by atoms with Gasteiger partial charge in [0.1, 0.15) is 5.75 Å². The van der Waals surface area contributed by atoms with Crippen molar-refractivity contribution in [1.29, 1.82) is 0 Å². The van der Waals surface area contributed by atoms with Gasteiger partial charge in [-0.15, -0.1) is 0 Å². The van der Waals surface area contributed by atoms with Gasteiger partial charge in [0.25, 0.3) is 0 Å². The van der Waals surface area contributed by atoms with Gasteiger partial charge in [0, 0.05) is 31.2 Å². The first-order chi connectivity index (χ1) is 14.6. The maximum absolute atomic E-state index is 12.9.